The molecule has 0 unspecified atom stereocenters. The number of imidazole rings is 1. The summed E-state index contributed by atoms with van der Waals surface area (Å²) >= 11 is 0. The number of aromatic nitrogens is 5. The monoisotopic (exact) mass is 385 g/mol. The average Bonchev–Trinajstić information content (AvgIpc) is 3.19. The van der Waals surface area contributed by atoms with E-state index in [-0.39, 0.29) is 11.9 Å². The molecule has 3 aromatic rings. The second kappa shape index (κ2) is 7.46. The van der Waals surface area contributed by atoms with Crippen LogP contribution in [0.3, 0.4) is 0 Å². The van der Waals surface area contributed by atoms with Crippen LogP contribution in [0, 0.1) is 11.8 Å². The van der Waals surface area contributed by atoms with Crippen LogP contribution in [-0.4, -0.2) is 48.2 Å². The zero-order valence-corrected chi connectivity index (χ0v) is 16.2. The van der Waals surface area contributed by atoms with Crippen LogP contribution < -0.4 is 16.2 Å². The SMILES string of the molecule is CCn1c(-c2nonc2N)nc2c(C#CC(C)(C)O)nc(OC[C@H](C)N)cc21. The zero-order chi connectivity index (χ0) is 20.5. The lowest BCUT2D eigenvalue weighted by molar-refractivity contribution is 0.143. The molecular formula is C18H23N7O3. The molecule has 0 radical (unpaired) electrons. The molecule has 0 bridgehead atoms. The van der Waals surface area contributed by atoms with Crippen LogP contribution in [0.4, 0.5) is 5.82 Å². The third-order valence-corrected chi connectivity index (χ3v) is 3.74. The number of nitrogens with zero attached hydrogens (tertiary/aromatic N) is 5. The first kappa shape index (κ1) is 19.6. The van der Waals surface area contributed by atoms with E-state index >= 15 is 0 Å². The highest BCUT2D eigenvalue weighted by molar-refractivity contribution is 5.86. The van der Waals surface area contributed by atoms with Crippen molar-refractivity contribution < 1.29 is 14.5 Å². The molecule has 0 saturated heterocycles. The lowest BCUT2D eigenvalue weighted by Crippen LogP contribution is -2.24. The van der Waals surface area contributed by atoms with Crippen molar-refractivity contribution in [3.8, 4) is 29.2 Å². The summed E-state index contributed by atoms with van der Waals surface area (Å²) in [6, 6.07) is 1.60. The summed E-state index contributed by atoms with van der Waals surface area (Å²) in [6.07, 6.45) is 0. The topological polar surface area (TPSA) is 151 Å². The third kappa shape index (κ3) is 4.05. The number of ether oxygens (including phenoxy) is 1. The van der Waals surface area contributed by atoms with Crippen LogP contribution >= 0.6 is 0 Å². The first-order chi connectivity index (χ1) is 13.2. The molecule has 3 aromatic heterocycles. The minimum atomic E-state index is -1.19. The molecule has 148 valence electrons. The van der Waals surface area contributed by atoms with Gasteiger partial charge in [-0.2, -0.15) is 0 Å². The maximum absolute atomic E-state index is 9.97. The highest BCUT2D eigenvalue weighted by atomic mass is 16.6. The number of nitrogens with two attached hydrogens (primary N) is 2. The van der Waals surface area contributed by atoms with Crippen LogP contribution in [-0.2, 0) is 6.54 Å². The minimum absolute atomic E-state index is 0.135. The van der Waals surface area contributed by atoms with E-state index < -0.39 is 5.60 Å². The number of aryl methyl sites for hydroxylation is 1. The maximum atomic E-state index is 9.97. The second-order valence-corrected chi connectivity index (χ2v) is 6.95. The lowest BCUT2D eigenvalue weighted by atomic mass is 10.1. The van der Waals surface area contributed by atoms with E-state index in [0.717, 1.165) is 5.52 Å². The number of hydrogen-bond acceptors (Lipinski definition) is 9. The smallest absolute Gasteiger partial charge is 0.216 e. The predicted octanol–water partition coefficient (Wildman–Crippen LogP) is 0.932. The Morgan fingerprint density at radius 3 is 2.68 bits per heavy atom. The third-order valence-electron chi connectivity index (χ3n) is 3.74. The van der Waals surface area contributed by atoms with E-state index in [4.69, 9.17) is 20.8 Å². The van der Waals surface area contributed by atoms with Crippen molar-refractivity contribution in [1.82, 2.24) is 24.8 Å². The van der Waals surface area contributed by atoms with Gasteiger partial charge in [0.15, 0.2) is 17.3 Å². The van der Waals surface area contributed by atoms with Crippen molar-refractivity contribution in [1.29, 1.82) is 0 Å². The molecule has 0 aliphatic carbocycles. The van der Waals surface area contributed by atoms with Gasteiger partial charge in [0, 0.05) is 18.7 Å². The molecule has 10 nitrogen and oxygen atoms in total. The Morgan fingerprint density at radius 1 is 1.36 bits per heavy atom. The van der Waals surface area contributed by atoms with E-state index in [1.54, 1.807) is 19.9 Å². The highest BCUT2D eigenvalue weighted by Gasteiger charge is 2.21. The zero-order valence-electron chi connectivity index (χ0n) is 16.2. The quantitative estimate of drug-likeness (QED) is 0.545. The fraction of sp³-hybridized carbons (Fsp3) is 0.444. The summed E-state index contributed by atoms with van der Waals surface area (Å²) < 4.78 is 12.3. The molecule has 0 aromatic carbocycles. The minimum Gasteiger partial charge on any atom is -0.476 e. The Hall–Kier alpha value is -3.16. The molecule has 0 saturated carbocycles. The van der Waals surface area contributed by atoms with Crippen LogP contribution in [0.2, 0.25) is 0 Å². The summed E-state index contributed by atoms with van der Waals surface area (Å²) in [5, 5.41) is 17.4. The molecule has 3 heterocycles. The van der Waals surface area contributed by atoms with Gasteiger partial charge in [0.2, 0.25) is 5.88 Å². The number of aliphatic hydroxyl groups is 1. The molecule has 0 amide bonds. The Kier molecular flexibility index (Phi) is 5.22. The van der Waals surface area contributed by atoms with E-state index in [9.17, 15) is 5.11 Å². The molecule has 28 heavy (non-hydrogen) atoms. The molecule has 0 aliphatic heterocycles. The van der Waals surface area contributed by atoms with E-state index in [1.165, 1.54) is 0 Å². The summed E-state index contributed by atoms with van der Waals surface area (Å²) in [7, 11) is 0. The second-order valence-electron chi connectivity index (χ2n) is 6.95. The number of fused-ring (bicyclic) bond motifs is 1. The standard InChI is InChI=1S/C18H23N7O3/c1-5-25-12-8-13(27-9-10(2)19)21-11(6-7-18(3,4)26)14(12)22-17(25)15-16(20)24-28-23-15/h8,10,26H,5,9,19H2,1-4H3,(H2,20,24)/t10-/m0/s1. The fourth-order valence-corrected chi connectivity index (χ4v) is 2.54. The fourth-order valence-electron chi connectivity index (χ4n) is 2.54. The summed E-state index contributed by atoms with van der Waals surface area (Å²) in [5.41, 5.74) is 12.4. The molecule has 10 heteroatoms. The van der Waals surface area contributed by atoms with Crippen molar-refractivity contribution in [2.45, 2.75) is 45.9 Å². The molecule has 0 spiro atoms. The first-order valence-electron chi connectivity index (χ1n) is 8.83. The number of pyridine rings is 1. The largest absolute Gasteiger partial charge is 0.476 e. The molecule has 0 fully saturated rings. The highest BCUT2D eigenvalue weighted by Crippen LogP contribution is 2.29. The van der Waals surface area contributed by atoms with Crippen LogP contribution in [0.25, 0.3) is 22.6 Å². The number of nitrogen functional groups attached to an aromatic ring is 1. The number of rotatable bonds is 5. The van der Waals surface area contributed by atoms with E-state index in [0.29, 0.717) is 41.8 Å². The Morgan fingerprint density at radius 2 is 2.11 bits per heavy atom. The van der Waals surface area contributed by atoms with Gasteiger partial charge in [0.25, 0.3) is 0 Å². The van der Waals surface area contributed by atoms with Gasteiger partial charge in [-0.25, -0.2) is 14.6 Å². The maximum Gasteiger partial charge on any atom is 0.216 e. The molecule has 5 N–H and O–H groups in total. The molecule has 0 aliphatic rings. The van der Waals surface area contributed by atoms with Gasteiger partial charge in [0.05, 0.1) is 5.52 Å². The summed E-state index contributed by atoms with van der Waals surface area (Å²) in [4.78, 5) is 9.06. The van der Waals surface area contributed by atoms with Gasteiger partial charge in [-0.3, -0.25) is 0 Å². The van der Waals surface area contributed by atoms with Gasteiger partial charge < -0.3 is 25.9 Å². The summed E-state index contributed by atoms with van der Waals surface area (Å²) in [6.45, 7) is 7.84. The van der Waals surface area contributed by atoms with Crippen molar-refractivity contribution in [2.75, 3.05) is 12.3 Å². The number of hydrogen-bond donors (Lipinski definition) is 3. The van der Waals surface area contributed by atoms with Gasteiger partial charge in [-0.1, -0.05) is 5.92 Å². The Balaban J connectivity index is 2.24. The lowest BCUT2D eigenvalue weighted by Gasteiger charge is -2.10. The van der Waals surface area contributed by atoms with Crippen molar-refractivity contribution in [3.63, 3.8) is 0 Å². The van der Waals surface area contributed by atoms with E-state index in [2.05, 4.69) is 32.1 Å². The van der Waals surface area contributed by atoms with Crippen molar-refractivity contribution in [3.05, 3.63) is 11.8 Å². The van der Waals surface area contributed by atoms with Crippen LogP contribution in [0.15, 0.2) is 10.7 Å². The van der Waals surface area contributed by atoms with Gasteiger partial charge in [0.1, 0.15) is 23.4 Å². The first-order valence-corrected chi connectivity index (χ1v) is 8.83. The molecule has 1 atom stereocenters. The van der Waals surface area contributed by atoms with Crippen molar-refractivity contribution >= 4 is 16.9 Å². The predicted molar refractivity (Wildman–Crippen MR) is 103 cm³/mol. The van der Waals surface area contributed by atoms with Crippen LogP contribution in [0.1, 0.15) is 33.4 Å². The normalized spacial score (nSPS) is 12.6. The number of anilines is 1. The Labute approximate surface area is 161 Å². The average molecular weight is 385 g/mol. The van der Waals surface area contributed by atoms with Gasteiger partial charge in [-0.05, 0) is 43.9 Å². The van der Waals surface area contributed by atoms with Gasteiger partial charge in [-0.15, -0.1) is 0 Å². The van der Waals surface area contributed by atoms with Gasteiger partial charge >= 0.3 is 0 Å². The van der Waals surface area contributed by atoms with E-state index in [1.807, 2.05) is 18.4 Å². The Bertz CT molecular complexity index is 1050. The van der Waals surface area contributed by atoms with Crippen molar-refractivity contribution in [2.24, 2.45) is 5.73 Å². The molecular weight excluding hydrogens is 362 g/mol. The molecule has 3 rings (SSSR count). The van der Waals surface area contributed by atoms with Crippen LogP contribution in [0.5, 0.6) is 5.88 Å². The summed E-state index contributed by atoms with van der Waals surface area (Å²) in [5.74, 6) is 6.62.